The normalized spacial score (nSPS) is 22.3. The molecule has 0 N–H and O–H groups in total. The quantitative estimate of drug-likeness (QED) is 0.0164. The van der Waals surface area contributed by atoms with Gasteiger partial charge in [-0.05, 0) is 74.4 Å². The molecule has 0 amide bonds. The molecule has 8 aromatic rings. The molecule has 2 saturated heterocycles. The van der Waals surface area contributed by atoms with Crippen LogP contribution in [0, 0.1) is 11.3 Å². The van der Waals surface area contributed by atoms with Crippen molar-refractivity contribution in [2.45, 2.75) is 146 Å². The molecule has 2 aliphatic heterocycles. The summed E-state index contributed by atoms with van der Waals surface area (Å²) in [5.41, 5.74) is 5.71. The van der Waals surface area contributed by atoms with Gasteiger partial charge in [0.1, 0.15) is 67.6 Å². The average Bonchev–Trinajstić information content (AvgIpc) is 0.904. The molecule has 494 valence electrons. The van der Waals surface area contributed by atoms with E-state index in [1.807, 2.05) is 212 Å². The first kappa shape index (κ1) is 69.8. The lowest BCUT2D eigenvalue weighted by Gasteiger charge is -2.47. The Labute approximate surface area is 553 Å². The third-order valence-corrected chi connectivity index (χ3v) is 23.1. The molecule has 0 saturated carbocycles. The minimum Gasteiger partial charge on any atom is -0.459 e. The van der Waals surface area contributed by atoms with Crippen LogP contribution in [0.2, 0.25) is 18.1 Å². The molecule has 8 aromatic carbocycles. The monoisotopic (exact) mass is 1310 g/mol. The van der Waals surface area contributed by atoms with E-state index < -0.39 is 96.4 Å². The molecule has 0 aromatic heterocycles. The van der Waals surface area contributed by atoms with E-state index in [0.717, 1.165) is 44.2 Å². The number of phosphoric ester groups is 1. The molecule has 2 heterocycles. The highest BCUT2D eigenvalue weighted by Gasteiger charge is 2.52. The molecule has 18 heteroatoms. The second-order valence-corrected chi connectivity index (χ2v) is 31.5. The summed E-state index contributed by atoms with van der Waals surface area (Å²) in [4.78, 5) is 14.2. The maximum absolute atomic E-state index is 15.8. The van der Waals surface area contributed by atoms with Gasteiger partial charge < -0.3 is 47.1 Å². The molecule has 2 fully saturated rings. The van der Waals surface area contributed by atoms with Gasteiger partial charge in [0.05, 0.1) is 84.1 Å². The van der Waals surface area contributed by atoms with Crippen LogP contribution in [0.25, 0.3) is 10.8 Å². The second kappa shape index (κ2) is 34.6. The van der Waals surface area contributed by atoms with Gasteiger partial charge in [-0.1, -0.05) is 233 Å². The predicted molar refractivity (Wildman–Crippen MR) is 361 cm³/mol. The Morgan fingerprint density at radius 1 is 0.436 bits per heavy atom. The molecule has 0 bridgehead atoms. The van der Waals surface area contributed by atoms with Gasteiger partial charge in [0.2, 0.25) is 0 Å². The van der Waals surface area contributed by atoms with E-state index in [0.29, 0.717) is 5.56 Å². The van der Waals surface area contributed by atoms with Crippen molar-refractivity contribution in [2.24, 2.45) is 0 Å². The maximum atomic E-state index is 15.8. The molecule has 11 atom stereocenters. The second-order valence-electron chi connectivity index (χ2n) is 25.0. The Morgan fingerprint density at radius 3 is 1.13 bits per heavy atom. The van der Waals surface area contributed by atoms with Crippen molar-refractivity contribution in [3.05, 3.63) is 263 Å². The van der Waals surface area contributed by atoms with Gasteiger partial charge in [0, 0.05) is 0 Å². The Morgan fingerprint density at radius 2 is 0.766 bits per heavy atom. The fraction of sp³-hybridized carbons (Fsp3) is 0.368. The van der Waals surface area contributed by atoms with Gasteiger partial charge >= 0.3 is 13.8 Å². The molecular formula is C76H86NO15PSi. The first-order chi connectivity index (χ1) is 45.7. The number of phosphoric acid groups is 1. The number of carbonyl (C=O) groups excluding carboxylic acids is 1. The molecule has 0 radical (unpaired) electrons. The fourth-order valence-corrected chi connectivity index (χ4v) is 13.2. The highest BCUT2D eigenvalue weighted by Crippen LogP contribution is 2.51. The van der Waals surface area contributed by atoms with Gasteiger partial charge in [0.25, 0.3) is 0 Å². The van der Waals surface area contributed by atoms with E-state index in [1.54, 1.807) is 12.1 Å². The summed E-state index contributed by atoms with van der Waals surface area (Å²) >= 11 is 0. The molecule has 2 aliphatic rings. The lowest BCUT2D eigenvalue weighted by molar-refractivity contribution is -0.275. The lowest BCUT2D eigenvalue weighted by Crippen LogP contribution is -2.62. The van der Waals surface area contributed by atoms with Crippen LogP contribution in [0.5, 0.6) is 0 Å². The van der Waals surface area contributed by atoms with Gasteiger partial charge in [-0.15, -0.1) is 0 Å². The van der Waals surface area contributed by atoms with Crippen LogP contribution in [0.4, 0.5) is 0 Å². The Hall–Kier alpha value is -7.05. The summed E-state index contributed by atoms with van der Waals surface area (Å²) in [6, 6.07) is 73.8. The Kier molecular flexibility index (Phi) is 25.7. The summed E-state index contributed by atoms with van der Waals surface area (Å²) in [5.74, 6) is -0.580. The Bertz CT molecular complexity index is 3640. The number of rotatable bonds is 33. The first-order valence-electron chi connectivity index (χ1n) is 32.2. The fourth-order valence-electron chi connectivity index (χ4n) is 11.0. The van der Waals surface area contributed by atoms with Crippen LogP contribution in [0.3, 0.4) is 0 Å². The third-order valence-electron chi connectivity index (χ3n) is 17.2. The van der Waals surface area contributed by atoms with Crippen LogP contribution in [0.15, 0.2) is 224 Å². The minimum absolute atomic E-state index is 0.101. The van der Waals surface area contributed by atoms with Crippen molar-refractivity contribution in [3.8, 4) is 6.07 Å². The minimum atomic E-state index is -4.76. The molecule has 94 heavy (non-hydrogen) atoms. The molecule has 10 rings (SSSR count). The van der Waals surface area contributed by atoms with E-state index in [1.165, 1.54) is 0 Å². The van der Waals surface area contributed by atoms with E-state index in [9.17, 15) is 10.1 Å². The van der Waals surface area contributed by atoms with E-state index in [4.69, 9.17) is 60.6 Å². The number of carbonyl (C=O) groups is 1. The topological polar surface area (TPSA) is 178 Å². The molecular weight excluding hydrogens is 1230 g/mol. The lowest BCUT2D eigenvalue weighted by atomic mass is 9.94. The van der Waals surface area contributed by atoms with Crippen molar-refractivity contribution in [3.63, 3.8) is 0 Å². The number of fused-ring (bicyclic) bond motifs is 1. The van der Waals surface area contributed by atoms with Gasteiger partial charge in [-0.3, -0.25) is 13.6 Å². The molecule has 16 nitrogen and oxygen atoms in total. The number of hydrogen-bond donors (Lipinski definition) is 0. The number of esters is 1. The van der Waals surface area contributed by atoms with Crippen molar-refractivity contribution in [1.29, 1.82) is 5.26 Å². The van der Waals surface area contributed by atoms with E-state index in [-0.39, 0.29) is 70.9 Å². The molecule has 0 aliphatic carbocycles. The van der Waals surface area contributed by atoms with Crippen molar-refractivity contribution in [1.82, 2.24) is 0 Å². The maximum Gasteiger partial charge on any atom is 0.475 e. The van der Waals surface area contributed by atoms with E-state index in [2.05, 4.69) is 39.9 Å². The summed E-state index contributed by atoms with van der Waals surface area (Å²) in [7, 11) is -7.19. The Balaban J connectivity index is 0.994. The molecule has 7 unspecified atom stereocenters. The first-order valence-corrected chi connectivity index (χ1v) is 36.5. The standard InChI is InChI=1S/C76H86NO15PSi/c1-76(2,3)94(4,5)90-55-68-72(83-49-59-33-18-9-19-34-59)74(85-51-61-37-22-11-23-38-61)71(82-48-58-31-16-8-17-32-58)67(92-68)54-89-93(79,87-44-26-43-77)88-53-66-70(81-47-57-29-14-7-15-30-57)73(84-50-60-35-20-10-21-36-60)69(80-46-56-27-12-6-13-28-56)65(91-66)52-86-75(78)64-42-41-62-39-24-25-40-63(62)45-64/h6-25,27-42,45,65-74H,26,44,46-55H2,1-5H3/t65-,66+,67+,68-,69?,70?,71?,72?,73?,74?,93?/m0/s1. The largest absolute Gasteiger partial charge is 0.475 e. The molecule has 0 spiro atoms. The summed E-state index contributed by atoms with van der Waals surface area (Å²) in [6.07, 6.45) is -9.44. The van der Waals surface area contributed by atoms with Crippen molar-refractivity contribution < 1.29 is 70.0 Å². The third kappa shape index (κ3) is 20.0. The zero-order chi connectivity index (χ0) is 65.6. The van der Waals surface area contributed by atoms with Crippen LogP contribution in [-0.4, -0.2) is 108 Å². The summed E-state index contributed by atoms with van der Waals surface area (Å²) in [5, 5.41) is 11.6. The highest BCUT2D eigenvalue weighted by atomic mass is 31.2. The number of benzene rings is 8. The highest BCUT2D eigenvalue weighted by molar-refractivity contribution is 7.48. The van der Waals surface area contributed by atoms with Crippen LogP contribution in [-0.2, 0) is 105 Å². The number of hydrogen-bond acceptors (Lipinski definition) is 16. The number of nitrogens with zero attached hydrogens (tertiary/aromatic N) is 1. The number of ether oxygens (including phenoxy) is 9. The van der Waals surface area contributed by atoms with Crippen LogP contribution in [0.1, 0.15) is 70.9 Å². The van der Waals surface area contributed by atoms with Crippen molar-refractivity contribution in [2.75, 3.05) is 33.0 Å². The predicted octanol–water partition coefficient (Wildman–Crippen LogP) is 15.1. The smallest absolute Gasteiger partial charge is 0.459 e. The summed E-state index contributed by atoms with van der Waals surface area (Å²) in [6.45, 7) is 10.5. The zero-order valence-corrected chi connectivity index (χ0v) is 56.0. The average molecular weight is 1310 g/mol. The number of nitriles is 1. The van der Waals surface area contributed by atoms with E-state index >= 15 is 4.57 Å². The van der Waals surface area contributed by atoms with Gasteiger partial charge in [-0.2, -0.15) is 5.26 Å². The van der Waals surface area contributed by atoms with Crippen LogP contribution >= 0.6 is 7.82 Å². The summed E-state index contributed by atoms with van der Waals surface area (Å²) < 4.78 is 104. The van der Waals surface area contributed by atoms with Gasteiger partial charge in [0.15, 0.2) is 8.32 Å². The van der Waals surface area contributed by atoms with Crippen molar-refractivity contribution >= 4 is 32.9 Å². The van der Waals surface area contributed by atoms with Gasteiger partial charge in [-0.25, -0.2) is 9.36 Å². The van der Waals surface area contributed by atoms with Crippen LogP contribution < -0.4 is 0 Å². The zero-order valence-electron chi connectivity index (χ0n) is 54.1. The SMILES string of the molecule is CC(C)(C)[Si](C)(C)OC[C@@H]1O[C@H](COP(=O)(OCCC#N)OC[C@H]2O[C@@H](COC(=O)c3ccc4ccccc4c3)C(OCc3ccccc3)C(OCc3ccccc3)C2OCc2ccccc2)C(OCc2ccccc2)C(OCc2ccccc2)C1OCc1ccccc1.